The number of aromatic nitrogens is 2. The van der Waals surface area contributed by atoms with Crippen LogP contribution in [0, 0.1) is 6.92 Å². The Morgan fingerprint density at radius 1 is 1.24 bits per heavy atom. The lowest BCUT2D eigenvalue weighted by Gasteiger charge is -2.18. The third kappa shape index (κ3) is 2.58. The maximum atomic E-state index is 5.61. The van der Waals surface area contributed by atoms with E-state index in [0.29, 0.717) is 0 Å². The first-order valence-electron chi connectivity index (χ1n) is 5.88. The molecule has 0 amide bonds. The highest BCUT2D eigenvalue weighted by Gasteiger charge is 2.15. The summed E-state index contributed by atoms with van der Waals surface area (Å²) in [6.07, 6.45) is 1.81. The predicted octanol–water partition coefficient (Wildman–Crippen LogP) is 2.73. The van der Waals surface area contributed by atoms with Crippen molar-refractivity contribution in [2.75, 3.05) is 0 Å². The maximum Gasteiger partial charge on any atom is 0.120 e. The number of nitrogens with zero attached hydrogens (tertiary/aromatic N) is 2. The van der Waals surface area contributed by atoms with Crippen LogP contribution in [0.3, 0.4) is 0 Å². The standard InChI is InChI=1S/C13H19N3O/c1-9-5-6-13(17-9)11(3)15-10(2)12-7-8-14-16(12)4/h5-8,10-11,15H,1-4H3. The molecule has 2 unspecified atom stereocenters. The summed E-state index contributed by atoms with van der Waals surface area (Å²) in [6, 6.07) is 6.46. The van der Waals surface area contributed by atoms with E-state index in [1.54, 1.807) is 0 Å². The molecule has 0 aliphatic carbocycles. The van der Waals surface area contributed by atoms with Crippen molar-refractivity contribution in [2.24, 2.45) is 7.05 Å². The summed E-state index contributed by atoms with van der Waals surface area (Å²) in [5.41, 5.74) is 1.17. The van der Waals surface area contributed by atoms with Gasteiger partial charge in [-0.25, -0.2) is 0 Å². The van der Waals surface area contributed by atoms with Crippen molar-refractivity contribution in [3.05, 3.63) is 41.6 Å². The molecule has 0 bridgehead atoms. The average molecular weight is 233 g/mol. The molecule has 0 spiro atoms. The Bertz CT molecular complexity index is 486. The molecule has 0 saturated carbocycles. The third-order valence-corrected chi connectivity index (χ3v) is 2.99. The van der Waals surface area contributed by atoms with Gasteiger partial charge in [0.05, 0.1) is 11.7 Å². The molecule has 2 heterocycles. The van der Waals surface area contributed by atoms with Gasteiger partial charge in [0, 0.05) is 19.3 Å². The summed E-state index contributed by atoms with van der Waals surface area (Å²) in [4.78, 5) is 0. The highest BCUT2D eigenvalue weighted by Crippen LogP contribution is 2.20. The molecule has 2 atom stereocenters. The van der Waals surface area contributed by atoms with Crippen molar-refractivity contribution in [1.29, 1.82) is 0 Å². The van der Waals surface area contributed by atoms with Gasteiger partial charge in [0.1, 0.15) is 11.5 Å². The molecule has 4 nitrogen and oxygen atoms in total. The van der Waals surface area contributed by atoms with Crippen molar-refractivity contribution in [3.63, 3.8) is 0 Å². The van der Waals surface area contributed by atoms with Crippen LogP contribution >= 0.6 is 0 Å². The highest BCUT2D eigenvalue weighted by atomic mass is 16.3. The lowest BCUT2D eigenvalue weighted by Crippen LogP contribution is -2.23. The number of aryl methyl sites for hydroxylation is 2. The van der Waals surface area contributed by atoms with E-state index >= 15 is 0 Å². The van der Waals surface area contributed by atoms with Gasteiger partial charge in [0.15, 0.2) is 0 Å². The molecule has 1 N–H and O–H groups in total. The second kappa shape index (κ2) is 4.75. The second-order valence-corrected chi connectivity index (χ2v) is 4.44. The molecular formula is C13H19N3O. The van der Waals surface area contributed by atoms with Crippen LogP contribution in [0.1, 0.15) is 43.1 Å². The van der Waals surface area contributed by atoms with Gasteiger partial charge < -0.3 is 4.42 Å². The van der Waals surface area contributed by atoms with E-state index in [1.807, 2.05) is 43.0 Å². The lowest BCUT2D eigenvalue weighted by atomic mass is 10.2. The van der Waals surface area contributed by atoms with Crippen molar-refractivity contribution in [1.82, 2.24) is 15.1 Å². The maximum absolute atomic E-state index is 5.61. The minimum absolute atomic E-state index is 0.189. The Balaban J connectivity index is 2.04. The Morgan fingerprint density at radius 3 is 2.53 bits per heavy atom. The van der Waals surface area contributed by atoms with Gasteiger partial charge in [0.2, 0.25) is 0 Å². The summed E-state index contributed by atoms with van der Waals surface area (Å²) in [6.45, 7) is 6.19. The Hall–Kier alpha value is -1.55. The third-order valence-electron chi connectivity index (χ3n) is 2.99. The molecule has 4 heteroatoms. The van der Waals surface area contributed by atoms with Crippen LogP contribution in [-0.2, 0) is 7.05 Å². The van der Waals surface area contributed by atoms with Gasteiger partial charge in [-0.15, -0.1) is 0 Å². The number of furan rings is 1. The van der Waals surface area contributed by atoms with Crippen LogP contribution in [0.4, 0.5) is 0 Å². The fraction of sp³-hybridized carbons (Fsp3) is 0.462. The summed E-state index contributed by atoms with van der Waals surface area (Å²) in [5.74, 6) is 1.92. The largest absolute Gasteiger partial charge is 0.465 e. The first-order chi connectivity index (χ1) is 8.08. The smallest absolute Gasteiger partial charge is 0.120 e. The summed E-state index contributed by atoms with van der Waals surface area (Å²) in [7, 11) is 1.95. The topological polar surface area (TPSA) is 43.0 Å². The first kappa shape index (κ1) is 11.9. The Morgan fingerprint density at radius 2 is 2.00 bits per heavy atom. The fourth-order valence-electron chi connectivity index (χ4n) is 2.04. The molecular weight excluding hydrogens is 214 g/mol. The van der Waals surface area contributed by atoms with Gasteiger partial charge in [0.25, 0.3) is 0 Å². The summed E-state index contributed by atoms with van der Waals surface area (Å²) < 4.78 is 7.50. The quantitative estimate of drug-likeness (QED) is 0.883. The van der Waals surface area contributed by atoms with E-state index in [4.69, 9.17) is 4.42 Å². The number of rotatable bonds is 4. The minimum atomic E-state index is 0.189. The second-order valence-electron chi connectivity index (χ2n) is 4.44. The van der Waals surface area contributed by atoms with E-state index in [0.717, 1.165) is 11.5 Å². The van der Waals surface area contributed by atoms with Crippen molar-refractivity contribution in [3.8, 4) is 0 Å². The van der Waals surface area contributed by atoms with Crippen molar-refractivity contribution < 1.29 is 4.42 Å². The van der Waals surface area contributed by atoms with Crippen molar-refractivity contribution >= 4 is 0 Å². The number of nitrogens with one attached hydrogen (secondary N) is 1. The van der Waals surface area contributed by atoms with Gasteiger partial charge >= 0.3 is 0 Å². The highest BCUT2D eigenvalue weighted by molar-refractivity contribution is 5.11. The molecule has 0 aromatic carbocycles. The van der Waals surface area contributed by atoms with E-state index in [1.165, 1.54) is 5.69 Å². The monoisotopic (exact) mass is 233 g/mol. The van der Waals surface area contributed by atoms with Crippen LogP contribution in [0.15, 0.2) is 28.8 Å². The minimum Gasteiger partial charge on any atom is -0.465 e. The van der Waals surface area contributed by atoms with E-state index in [-0.39, 0.29) is 12.1 Å². The molecule has 2 aromatic rings. The van der Waals surface area contributed by atoms with Gasteiger partial charge in [-0.05, 0) is 39.0 Å². The van der Waals surface area contributed by atoms with Crippen LogP contribution in [0.5, 0.6) is 0 Å². The summed E-state index contributed by atoms with van der Waals surface area (Å²) >= 11 is 0. The molecule has 2 aromatic heterocycles. The van der Waals surface area contributed by atoms with Gasteiger partial charge in [-0.1, -0.05) is 0 Å². The molecule has 0 fully saturated rings. The van der Waals surface area contributed by atoms with Gasteiger partial charge in [-0.2, -0.15) is 5.10 Å². The first-order valence-corrected chi connectivity index (χ1v) is 5.88. The summed E-state index contributed by atoms with van der Waals surface area (Å²) in [5, 5.41) is 7.67. The molecule has 0 radical (unpaired) electrons. The molecule has 0 aliphatic rings. The van der Waals surface area contributed by atoms with E-state index in [2.05, 4.69) is 24.3 Å². The van der Waals surface area contributed by atoms with Crippen molar-refractivity contribution in [2.45, 2.75) is 32.9 Å². The number of hydrogen-bond acceptors (Lipinski definition) is 3. The Labute approximate surface area is 102 Å². The average Bonchev–Trinajstić information content (AvgIpc) is 2.86. The van der Waals surface area contributed by atoms with Crippen LogP contribution in [0.2, 0.25) is 0 Å². The molecule has 92 valence electrons. The van der Waals surface area contributed by atoms with Crippen LogP contribution < -0.4 is 5.32 Å². The van der Waals surface area contributed by atoms with E-state index in [9.17, 15) is 0 Å². The molecule has 0 aliphatic heterocycles. The lowest BCUT2D eigenvalue weighted by molar-refractivity contribution is 0.385. The van der Waals surface area contributed by atoms with Crippen LogP contribution in [-0.4, -0.2) is 9.78 Å². The molecule has 0 saturated heterocycles. The van der Waals surface area contributed by atoms with E-state index < -0.39 is 0 Å². The zero-order valence-corrected chi connectivity index (χ0v) is 10.8. The Kier molecular flexibility index (Phi) is 3.33. The van der Waals surface area contributed by atoms with Gasteiger partial charge in [-0.3, -0.25) is 10.00 Å². The fourth-order valence-corrected chi connectivity index (χ4v) is 2.04. The molecule has 17 heavy (non-hydrogen) atoms. The number of hydrogen-bond donors (Lipinski definition) is 1. The van der Waals surface area contributed by atoms with Crippen LogP contribution in [0.25, 0.3) is 0 Å². The zero-order valence-electron chi connectivity index (χ0n) is 10.8. The molecule has 2 rings (SSSR count). The zero-order chi connectivity index (χ0) is 12.4. The predicted molar refractivity (Wildman–Crippen MR) is 66.6 cm³/mol. The normalized spacial score (nSPS) is 14.8. The SMILES string of the molecule is Cc1ccc(C(C)NC(C)c2ccnn2C)o1.